The molecule has 1 aromatic carbocycles. The molecule has 4 nitrogen and oxygen atoms in total. The predicted molar refractivity (Wildman–Crippen MR) is 82.4 cm³/mol. The molecule has 1 aromatic rings. The zero-order valence-electron chi connectivity index (χ0n) is 11.7. The van der Waals surface area contributed by atoms with Gasteiger partial charge < -0.3 is 4.74 Å². The Kier molecular flexibility index (Phi) is 5.09. The number of sulfonamides is 1. The first kappa shape index (κ1) is 15.8. The Bertz CT molecular complexity index is 574. The molecule has 2 unspecified atom stereocenters. The van der Waals surface area contributed by atoms with Gasteiger partial charge in [-0.25, -0.2) is 13.1 Å². The number of hydrogen-bond donors (Lipinski definition) is 1. The minimum atomic E-state index is -3.56. The minimum absolute atomic E-state index is 0.0115. The number of ether oxygens (including phenoxy) is 1. The van der Waals surface area contributed by atoms with Crippen molar-refractivity contribution in [1.82, 2.24) is 4.72 Å². The lowest BCUT2D eigenvalue weighted by Crippen LogP contribution is -2.41. The van der Waals surface area contributed by atoms with Crippen molar-refractivity contribution in [3.63, 3.8) is 0 Å². The highest BCUT2D eigenvalue weighted by atomic mass is 79.9. The van der Waals surface area contributed by atoms with Crippen molar-refractivity contribution in [3.8, 4) is 5.75 Å². The van der Waals surface area contributed by atoms with Gasteiger partial charge in [0, 0.05) is 10.5 Å². The molecule has 1 saturated carbocycles. The maximum Gasteiger partial charge on any atom is 0.244 e. The zero-order valence-corrected chi connectivity index (χ0v) is 14.1. The molecule has 1 aliphatic carbocycles. The number of nitrogens with one attached hydrogen (secondary N) is 1. The largest absolute Gasteiger partial charge is 0.495 e. The van der Waals surface area contributed by atoms with E-state index in [4.69, 9.17) is 4.74 Å². The van der Waals surface area contributed by atoms with E-state index in [0.29, 0.717) is 11.7 Å². The van der Waals surface area contributed by atoms with Crippen molar-refractivity contribution < 1.29 is 13.2 Å². The molecule has 2 atom stereocenters. The van der Waals surface area contributed by atoms with Crippen LogP contribution in [0.15, 0.2) is 27.6 Å². The van der Waals surface area contributed by atoms with Crippen molar-refractivity contribution in [2.75, 3.05) is 7.11 Å². The summed E-state index contributed by atoms with van der Waals surface area (Å²) in [6, 6.07) is 5.01. The van der Waals surface area contributed by atoms with Gasteiger partial charge >= 0.3 is 0 Å². The van der Waals surface area contributed by atoms with Crippen molar-refractivity contribution in [1.29, 1.82) is 0 Å². The summed E-state index contributed by atoms with van der Waals surface area (Å²) in [6.07, 6.45) is 4.23. The topological polar surface area (TPSA) is 55.4 Å². The second-order valence-electron chi connectivity index (χ2n) is 5.28. The Balaban J connectivity index is 2.28. The van der Waals surface area contributed by atoms with Crippen LogP contribution >= 0.6 is 15.9 Å². The van der Waals surface area contributed by atoms with E-state index in [0.717, 1.165) is 23.7 Å². The summed E-state index contributed by atoms with van der Waals surface area (Å²) in [4.78, 5) is 0.187. The highest BCUT2D eigenvalue weighted by Gasteiger charge is 2.28. The third kappa shape index (κ3) is 3.54. The smallest absolute Gasteiger partial charge is 0.244 e. The highest BCUT2D eigenvalue weighted by Crippen LogP contribution is 2.30. The SMILES string of the molecule is COc1ccc(Br)cc1S(=O)(=O)NC1CCCCC1C. The van der Waals surface area contributed by atoms with Gasteiger partial charge in [0.2, 0.25) is 10.0 Å². The Labute approximate surface area is 129 Å². The van der Waals surface area contributed by atoms with Gasteiger partial charge in [-0.05, 0) is 37.0 Å². The Hall–Kier alpha value is -0.590. The lowest BCUT2D eigenvalue weighted by atomic mass is 9.87. The number of methoxy groups -OCH3 is 1. The summed E-state index contributed by atoms with van der Waals surface area (Å²) in [5.41, 5.74) is 0. The first-order chi connectivity index (χ1) is 9.44. The quantitative estimate of drug-likeness (QED) is 0.894. The molecular formula is C14H20BrNO3S. The second kappa shape index (κ2) is 6.45. The molecule has 0 aliphatic heterocycles. The summed E-state index contributed by atoms with van der Waals surface area (Å²) in [7, 11) is -2.09. The first-order valence-corrected chi connectivity index (χ1v) is 9.07. The lowest BCUT2D eigenvalue weighted by molar-refractivity contribution is 0.310. The molecule has 0 heterocycles. The average Bonchev–Trinajstić information content (AvgIpc) is 2.41. The molecule has 0 amide bonds. The normalized spacial score (nSPS) is 23.6. The van der Waals surface area contributed by atoms with Crippen LogP contribution in [0.2, 0.25) is 0 Å². The summed E-state index contributed by atoms with van der Waals surface area (Å²) >= 11 is 3.31. The van der Waals surface area contributed by atoms with Crippen LogP contribution in [0.25, 0.3) is 0 Å². The monoisotopic (exact) mass is 361 g/mol. The fourth-order valence-corrected chi connectivity index (χ4v) is 4.70. The molecule has 0 bridgehead atoms. The molecule has 0 saturated heterocycles. The van der Waals surface area contributed by atoms with Crippen molar-refractivity contribution in [3.05, 3.63) is 22.7 Å². The molecule has 0 aromatic heterocycles. The van der Waals surface area contributed by atoms with Gasteiger partial charge in [0.25, 0.3) is 0 Å². The van der Waals surface area contributed by atoms with E-state index in [1.54, 1.807) is 18.2 Å². The first-order valence-electron chi connectivity index (χ1n) is 6.80. The van der Waals surface area contributed by atoms with E-state index in [-0.39, 0.29) is 10.9 Å². The van der Waals surface area contributed by atoms with Gasteiger partial charge in [0.1, 0.15) is 10.6 Å². The van der Waals surface area contributed by atoms with E-state index < -0.39 is 10.0 Å². The van der Waals surface area contributed by atoms with Gasteiger partial charge in [-0.15, -0.1) is 0 Å². The number of halogens is 1. The van der Waals surface area contributed by atoms with E-state index in [1.807, 2.05) is 0 Å². The van der Waals surface area contributed by atoms with Crippen LogP contribution in [0.3, 0.4) is 0 Å². The molecule has 1 aliphatic rings. The molecule has 1 fully saturated rings. The second-order valence-corrected chi connectivity index (χ2v) is 7.88. The van der Waals surface area contributed by atoms with Crippen LogP contribution in [-0.2, 0) is 10.0 Å². The lowest BCUT2D eigenvalue weighted by Gasteiger charge is -2.29. The number of benzene rings is 1. The van der Waals surface area contributed by atoms with E-state index in [1.165, 1.54) is 13.5 Å². The van der Waals surface area contributed by atoms with Crippen molar-refractivity contribution in [2.45, 2.75) is 43.5 Å². The molecule has 0 spiro atoms. The third-order valence-corrected chi connectivity index (χ3v) is 5.84. The van der Waals surface area contributed by atoms with Gasteiger partial charge in [-0.1, -0.05) is 35.7 Å². The average molecular weight is 362 g/mol. The molecule has 1 N–H and O–H groups in total. The molecule has 0 radical (unpaired) electrons. The summed E-state index contributed by atoms with van der Waals surface area (Å²) < 4.78 is 33.8. The van der Waals surface area contributed by atoms with Crippen LogP contribution in [0, 0.1) is 5.92 Å². The third-order valence-electron chi connectivity index (χ3n) is 3.83. The summed E-state index contributed by atoms with van der Waals surface area (Å²) in [5, 5.41) is 0. The maximum absolute atomic E-state index is 12.6. The number of hydrogen-bond acceptors (Lipinski definition) is 3. The Morgan fingerprint density at radius 3 is 2.65 bits per heavy atom. The molecule has 6 heteroatoms. The van der Waals surface area contributed by atoms with Gasteiger partial charge in [0.05, 0.1) is 7.11 Å². The van der Waals surface area contributed by atoms with Gasteiger partial charge in [0.15, 0.2) is 0 Å². The Morgan fingerprint density at radius 2 is 2.00 bits per heavy atom. The fraction of sp³-hybridized carbons (Fsp3) is 0.571. The standard InChI is InChI=1S/C14H20BrNO3S/c1-10-5-3-4-6-12(10)16-20(17,18)14-9-11(15)7-8-13(14)19-2/h7-10,12,16H,3-6H2,1-2H3. The van der Waals surface area contributed by atoms with Gasteiger partial charge in [-0.3, -0.25) is 0 Å². The van der Waals surface area contributed by atoms with Gasteiger partial charge in [-0.2, -0.15) is 0 Å². The highest BCUT2D eigenvalue weighted by molar-refractivity contribution is 9.10. The molecular weight excluding hydrogens is 342 g/mol. The molecule has 2 rings (SSSR count). The van der Waals surface area contributed by atoms with E-state index >= 15 is 0 Å². The van der Waals surface area contributed by atoms with Crippen LogP contribution in [0.5, 0.6) is 5.75 Å². The fourth-order valence-electron chi connectivity index (χ4n) is 2.61. The van der Waals surface area contributed by atoms with E-state index in [9.17, 15) is 8.42 Å². The van der Waals surface area contributed by atoms with Crippen LogP contribution in [0.1, 0.15) is 32.6 Å². The van der Waals surface area contributed by atoms with Crippen LogP contribution < -0.4 is 9.46 Å². The Morgan fingerprint density at radius 1 is 1.30 bits per heavy atom. The number of rotatable bonds is 4. The van der Waals surface area contributed by atoms with Crippen molar-refractivity contribution in [2.24, 2.45) is 5.92 Å². The predicted octanol–water partition coefficient (Wildman–Crippen LogP) is 3.31. The summed E-state index contributed by atoms with van der Waals surface area (Å²) in [6.45, 7) is 2.10. The van der Waals surface area contributed by atoms with Crippen LogP contribution in [0.4, 0.5) is 0 Å². The van der Waals surface area contributed by atoms with Crippen LogP contribution in [-0.4, -0.2) is 21.6 Å². The minimum Gasteiger partial charge on any atom is -0.495 e. The molecule has 112 valence electrons. The summed E-state index contributed by atoms with van der Waals surface area (Å²) in [5.74, 6) is 0.737. The van der Waals surface area contributed by atoms with E-state index in [2.05, 4.69) is 27.6 Å². The molecule has 20 heavy (non-hydrogen) atoms. The zero-order chi connectivity index (χ0) is 14.8. The maximum atomic E-state index is 12.6. The van der Waals surface area contributed by atoms with Crippen molar-refractivity contribution >= 4 is 26.0 Å².